The van der Waals surface area contributed by atoms with E-state index >= 15 is 0 Å². The standard InChI is InChI=1S/C12H11N3O3S/c13-12(11-8-4-5-9-14-11)15-18-19(16,17)10-6-2-1-3-7-10/h1-9H,(H2,13,15)/p+1. The van der Waals surface area contributed by atoms with E-state index in [1.54, 1.807) is 42.6 Å². The molecule has 1 aromatic carbocycles. The maximum atomic E-state index is 11.8. The van der Waals surface area contributed by atoms with Crippen molar-refractivity contribution in [3.63, 3.8) is 0 Å². The Morgan fingerprint density at radius 2 is 1.79 bits per heavy atom. The molecule has 0 fully saturated rings. The zero-order chi connectivity index (χ0) is 13.7. The van der Waals surface area contributed by atoms with Crippen LogP contribution in [0.2, 0.25) is 0 Å². The first-order valence-corrected chi connectivity index (χ1v) is 6.80. The van der Waals surface area contributed by atoms with Crippen molar-refractivity contribution in [2.75, 3.05) is 0 Å². The molecule has 1 aromatic heterocycles. The van der Waals surface area contributed by atoms with Gasteiger partial charge in [-0.1, -0.05) is 18.2 Å². The highest BCUT2D eigenvalue weighted by Gasteiger charge is 2.16. The van der Waals surface area contributed by atoms with Gasteiger partial charge in [0.05, 0.1) is 0 Å². The van der Waals surface area contributed by atoms with Gasteiger partial charge in [0.1, 0.15) is 4.90 Å². The van der Waals surface area contributed by atoms with Crippen LogP contribution in [0.3, 0.4) is 0 Å². The molecule has 0 saturated carbocycles. The number of H-pyrrole nitrogens is 1. The molecular formula is C12H12N3O3S+. The Bertz CT molecular complexity index is 670. The van der Waals surface area contributed by atoms with E-state index in [0.29, 0.717) is 5.69 Å². The highest BCUT2D eigenvalue weighted by molar-refractivity contribution is 7.86. The van der Waals surface area contributed by atoms with Gasteiger partial charge >= 0.3 is 10.1 Å². The number of aromatic amines is 1. The Balaban J connectivity index is 2.19. The summed E-state index contributed by atoms with van der Waals surface area (Å²) in [5, 5.41) is 3.42. The van der Waals surface area contributed by atoms with Crippen molar-refractivity contribution >= 4 is 16.0 Å². The van der Waals surface area contributed by atoms with Crippen LogP contribution in [0.1, 0.15) is 5.69 Å². The largest absolute Gasteiger partial charge is 0.375 e. The molecule has 0 aliphatic carbocycles. The van der Waals surface area contributed by atoms with Crippen LogP contribution in [0.15, 0.2) is 64.8 Å². The predicted octanol–water partition coefficient (Wildman–Crippen LogP) is 0.526. The fourth-order valence-corrected chi connectivity index (χ4v) is 2.08. The van der Waals surface area contributed by atoms with Crippen molar-refractivity contribution in [2.45, 2.75) is 4.90 Å². The maximum absolute atomic E-state index is 11.8. The third-order valence-electron chi connectivity index (χ3n) is 2.25. The fraction of sp³-hybridized carbons (Fsp3) is 0. The van der Waals surface area contributed by atoms with Gasteiger partial charge in [-0.05, 0) is 23.4 Å². The van der Waals surface area contributed by atoms with Crippen LogP contribution in [0, 0.1) is 0 Å². The number of nitrogens with zero attached hydrogens (tertiary/aromatic N) is 1. The van der Waals surface area contributed by atoms with E-state index in [1.807, 2.05) is 0 Å². The van der Waals surface area contributed by atoms with Gasteiger partial charge in [0.2, 0.25) is 11.5 Å². The molecule has 0 atom stereocenters. The number of amidine groups is 1. The van der Waals surface area contributed by atoms with Crippen molar-refractivity contribution in [2.24, 2.45) is 10.9 Å². The molecule has 0 unspecified atom stereocenters. The summed E-state index contributed by atoms with van der Waals surface area (Å²) in [5.74, 6) is -0.0555. The summed E-state index contributed by atoms with van der Waals surface area (Å²) >= 11 is 0. The third-order valence-corrected chi connectivity index (χ3v) is 3.37. The van der Waals surface area contributed by atoms with Crippen molar-refractivity contribution in [3.8, 4) is 0 Å². The van der Waals surface area contributed by atoms with Crippen molar-refractivity contribution in [1.82, 2.24) is 0 Å². The van der Waals surface area contributed by atoms with Gasteiger partial charge in [-0.2, -0.15) is 8.42 Å². The Morgan fingerprint density at radius 3 is 2.42 bits per heavy atom. The average molecular weight is 278 g/mol. The molecule has 0 aliphatic rings. The van der Waals surface area contributed by atoms with Gasteiger partial charge in [0, 0.05) is 12.1 Å². The summed E-state index contributed by atoms with van der Waals surface area (Å²) in [5.41, 5.74) is 6.07. The number of nitrogens with two attached hydrogens (primary N) is 1. The van der Waals surface area contributed by atoms with Gasteiger partial charge in [-0.15, -0.1) is 0 Å². The van der Waals surface area contributed by atoms with Crippen LogP contribution in [0.5, 0.6) is 0 Å². The van der Waals surface area contributed by atoms with Gasteiger partial charge in [-0.3, -0.25) is 4.28 Å². The topological polar surface area (TPSA) is 95.9 Å². The Morgan fingerprint density at radius 1 is 1.11 bits per heavy atom. The molecule has 19 heavy (non-hydrogen) atoms. The van der Waals surface area contributed by atoms with Crippen LogP contribution in [0.25, 0.3) is 0 Å². The number of rotatable bonds is 4. The lowest BCUT2D eigenvalue weighted by atomic mass is 10.3. The second-order valence-electron chi connectivity index (χ2n) is 3.59. The molecule has 0 aliphatic heterocycles. The van der Waals surface area contributed by atoms with Gasteiger partial charge in [-0.25, -0.2) is 4.98 Å². The summed E-state index contributed by atoms with van der Waals surface area (Å²) in [6, 6.07) is 12.9. The molecule has 0 amide bonds. The van der Waals surface area contributed by atoms with Crippen molar-refractivity contribution in [1.29, 1.82) is 0 Å². The zero-order valence-electron chi connectivity index (χ0n) is 9.85. The number of hydrogen-bond donors (Lipinski definition) is 1. The first kappa shape index (κ1) is 13.0. The SMILES string of the molecule is NC(=NOS(=O)(=O)c1ccccc1)c1cccc[nH+]1. The second-order valence-corrected chi connectivity index (χ2v) is 5.12. The number of benzene rings is 1. The molecule has 2 aromatic rings. The van der Waals surface area contributed by atoms with E-state index in [9.17, 15) is 8.42 Å². The average Bonchev–Trinajstić information content (AvgIpc) is 2.47. The number of hydrogen-bond acceptors (Lipinski definition) is 4. The first-order valence-electron chi connectivity index (χ1n) is 5.39. The monoisotopic (exact) mass is 278 g/mol. The molecule has 6 nitrogen and oxygen atoms in total. The molecule has 98 valence electrons. The second kappa shape index (κ2) is 5.49. The molecule has 2 rings (SSSR count). The van der Waals surface area contributed by atoms with E-state index in [0.717, 1.165) is 0 Å². The number of pyridine rings is 1. The van der Waals surface area contributed by atoms with Crippen LogP contribution >= 0.6 is 0 Å². The molecule has 0 saturated heterocycles. The van der Waals surface area contributed by atoms with Crippen molar-refractivity contribution in [3.05, 3.63) is 60.4 Å². The lowest BCUT2D eigenvalue weighted by molar-refractivity contribution is -0.380. The summed E-state index contributed by atoms with van der Waals surface area (Å²) < 4.78 is 28.1. The fourth-order valence-electron chi connectivity index (χ4n) is 1.32. The highest BCUT2D eigenvalue weighted by Crippen LogP contribution is 2.11. The van der Waals surface area contributed by atoms with Gasteiger partial charge in [0.25, 0.3) is 0 Å². The molecule has 0 radical (unpaired) electrons. The normalized spacial score (nSPS) is 12.1. The van der Waals surface area contributed by atoms with Gasteiger partial charge < -0.3 is 5.73 Å². The molecule has 0 spiro atoms. The molecule has 3 N–H and O–H groups in total. The van der Waals surface area contributed by atoms with Crippen LogP contribution < -0.4 is 10.7 Å². The molecule has 0 bridgehead atoms. The smallest absolute Gasteiger partial charge is 0.358 e. The van der Waals surface area contributed by atoms with E-state index < -0.39 is 10.1 Å². The summed E-state index contributed by atoms with van der Waals surface area (Å²) in [6.45, 7) is 0. The van der Waals surface area contributed by atoms with Crippen LogP contribution in [-0.2, 0) is 14.4 Å². The minimum Gasteiger partial charge on any atom is -0.375 e. The van der Waals surface area contributed by atoms with E-state index in [-0.39, 0.29) is 10.7 Å². The third kappa shape index (κ3) is 3.29. The van der Waals surface area contributed by atoms with E-state index in [4.69, 9.17) is 5.73 Å². The van der Waals surface area contributed by atoms with E-state index in [2.05, 4.69) is 14.4 Å². The summed E-state index contributed by atoms with van der Waals surface area (Å²) in [6.07, 6.45) is 1.64. The minimum absolute atomic E-state index is 0.0172. The predicted molar refractivity (Wildman–Crippen MR) is 68.4 cm³/mol. The number of aromatic nitrogens is 1. The Hall–Kier alpha value is -2.41. The molecule has 1 heterocycles. The summed E-state index contributed by atoms with van der Waals surface area (Å²) in [4.78, 5) is 2.83. The number of nitrogens with one attached hydrogen (secondary N) is 1. The first-order chi connectivity index (χ1) is 9.09. The number of oxime groups is 1. The lowest BCUT2D eigenvalue weighted by Crippen LogP contribution is -2.24. The minimum atomic E-state index is -3.94. The Kier molecular flexibility index (Phi) is 3.76. The van der Waals surface area contributed by atoms with E-state index in [1.165, 1.54) is 12.1 Å². The quantitative estimate of drug-likeness (QED) is 0.501. The summed E-state index contributed by atoms with van der Waals surface area (Å²) in [7, 11) is -3.94. The molecular weight excluding hydrogens is 266 g/mol. The van der Waals surface area contributed by atoms with Crippen LogP contribution in [0.4, 0.5) is 0 Å². The van der Waals surface area contributed by atoms with Gasteiger partial charge in [0.15, 0.2) is 6.20 Å². The molecule has 7 heteroatoms. The van der Waals surface area contributed by atoms with Crippen molar-refractivity contribution < 1.29 is 17.7 Å². The Labute approximate surface area is 110 Å². The highest BCUT2D eigenvalue weighted by atomic mass is 32.2. The lowest BCUT2D eigenvalue weighted by Gasteiger charge is -2.01. The van der Waals surface area contributed by atoms with Crippen LogP contribution in [-0.4, -0.2) is 14.3 Å². The maximum Gasteiger partial charge on any atom is 0.358 e. The zero-order valence-corrected chi connectivity index (χ0v) is 10.7.